The molecule has 1 aromatic carbocycles. The zero-order valence-electron chi connectivity index (χ0n) is 18.0. The van der Waals surface area contributed by atoms with Crippen molar-refractivity contribution in [3.8, 4) is 0 Å². The van der Waals surface area contributed by atoms with Crippen LogP contribution in [0.25, 0.3) is 0 Å². The zero-order valence-corrected chi connectivity index (χ0v) is 18.0. The number of carbonyl (C=O) groups excluding carboxylic acids is 2. The lowest BCUT2D eigenvalue weighted by molar-refractivity contribution is -0.153. The first-order chi connectivity index (χ1) is 14.3. The second kappa shape index (κ2) is 10.8. The van der Waals surface area contributed by atoms with Gasteiger partial charge in [-0.25, -0.2) is 0 Å². The Kier molecular flexibility index (Phi) is 8.44. The number of rotatable bonds is 8. The van der Waals surface area contributed by atoms with E-state index in [1.807, 2.05) is 57.4 Å². The largest absolute Gasteiger partial charge is 0.391 e. The van der Waals surface area contributed by atoms with E-state index in [1.54, 1.807) is 6.92 Å². The molecule has 0 fully saturated rings. The summed E-state index contributed by atoms with van der Waals surface area (Å²) in [5.41, 5.74) is 3.79. The first kappa shape index (κ1) is 23.4. The monoisotopic (exact) mass is 416 g/mol. The summed E-state index contributed by atoms with van der Waals surface area (Å²) in [7, 11) is 1.83. The molecule has 1 aliphatic heterocycles. The Bertz CT molecular complexity index is 804. The van der Waals surface area contributed by atoms with Crippen molar-refractivity contribution in [2.45, 2.75) is 45.4 Å². The van der Waals surface area contributed by atoms with E-state index >= 15 is 0 Å². The Morgan fingerprint density at radius 3 is 2.40 bits per heavy atom. The fourth-order valence-electron chi connectivity index (χ4n) is 3.34. The van der Waals surface area contributed by atoms with Crippen LogP contribution in [0.15, 0.2) is 47.8 Å². The standard InChI is InChI=1S/C22H32N4O4/c1-5-11-24-17-8-6-16(7-9-17)15(3)25-21(29)19(27)20(28)22(30)26-12-10-18(23-4)14(2)13-26/h5-9,11,15,19-20,23-24,27-28H,10,12-13H2,1-4H3,(H,25,29)/b11-5-. The molecule has 1 heterocycles. The lowest BCUT2D eigenvalue weighted by atomic mass is 10.0. The Morgan fingerprint density at radius 1 is 1.17 bits per heavy atom. The topological polar surface area (TPSA) is 114 Å². The Balaban J connectivity index is 1.94. The Morgan fingerprint density at radius 2 is 1.83 bits per heavy atom. The molecular formula is C22H32N4O4. The highest BCUT2D eigenvalue weighted by molar-refractivity contribution is 5.91. The molecule has 2 rings (SSSR count). The van der Waals surface area contributed by atoms with Gasteiger partial charge >= 0.3 is 0 Å². The molecule has 3 unspecified atom stereocenters. The molecule has 0 spiro atoms. The molecule has 8 heteroatoms. The highest BCUT2D eigenvalue weighted by Crippen LogP contribution is 2.18. The first-order valence-corrected chi connectivity index (χ1v) is 10.1. The number of nitrogens with zero attached hydrogens (tertiary/aromatic N) is 1. The van der Waals surface area contributed by atoms with Gasteiger partial charge < -0.3 is 31.1 Å². The molecule has 164 valence electrons. The smallest absolute Gasteiger partial charge is 0.254 e. The summed E-state index contributed by atoms with van der Waals surface area (Å²) in [6.45, 7) is 6.35. The third kappa shape index (κ3) is 5.84. The Hall–Kier alpha value is -2.84. The van der Waals surface area contributed by atoms with Crippen LogP contribution in [0.5, 0.6) is 0 Å². The van der Waals surface area contributed by atoms with E-state index in [1.165, 1.54) is 4.90 Å². The maximum Gasteiger partial charge on any atom is 0.254 e. The summed E-state index contributed by atoms with van der Waals surface area (Å²) in [6.07, 6.45) is 0.679. The van der Waals surface area contributed by atoms with Crippen LogP contribution in [0.3, 0.4) is 0 Å². The van der Waals surface area contributed by atoms with Crippen molar-refractivity contribution in [3.63, 3.8) is 0 Å². The van der Waals surface area contributed by atoms with Gasteiger partial charge in [-0.3, -0.25) is 9.59 Å². The minimum absolute atomic E-state index is 0.352. The van der Waals surface area contributed by atoms with Crippen LogP contribution in [0.2, 0.25) is 0 Å². The van der Waals surface area contributed by atoms with Crippen molar-refractivity contribution in [1.29, 1.82) is 0 Å². The van der Waals surface area contributed by atoms with E-state index in [9.17, 15) is 19.8 Å². The molecule has 8 nitrogen and oxygen atoms in total. The molecule has 1 aromatic rings. The van der Waals surface area contributed by atoms with Gasteiger partial charge in [0.25, 0.3) is 11.8 Å². The van der Waals surface area contributed by atoms with Crippen LogP contribution in [0.4, 0.5) is 5.69 Å². The second-order valence-electron chi connectivity index (χ2n) is 7.40. The van der Waals surface area contributed by atoms with Gasteiger partial charge in [0, 0.05) is 37.9 Å². The third-order valence-electron chi connectivity index (χ3n) is 5.20. The Labute approximate surface area is 177 Å². The molecule has 0 bridgehead atoms. The molecule has 2 amide bonds. The van der Waals surface area contributed by atoms with E-state index in [4.69, 9.17) is 0 Å². The summed E-state index contributed by atoms with van der Waals surface area (Å²) >= 11 is 0. The molecule has 0 aromatic heterocycles. The fourth-order valence-corrected chi connectivity index (χ4v) is 3.34. The number of allylic oxidation sites excluding steroid dienone is 1. The first-order valence-electron chi connectivity index (χ1n) is 10.1. The van der Waals surface area contributed by atoms with Crippen molar-refractivity contribution in [1.82, 2.24) is 15.5 Å². The summed E-state index contributed by atoms with van der Waals surface area (Å²) in [6, 6.07) is 7.06. The van der Waals surface area contributed by atoms with E-state index in [0.29, 0.717) is 19.5 Å². The highest BCUT2D eigenvalue weighted by atomic mass is 16.3. The fraction of sp³-hybridized carbons (Fsp3) is 0.455. The number of nitrogens with one attached hydrogen (secondary N) is 3. The van der Waals surface area contributed by atoms with E-state index in [0.717, 1.165) is 22.5 Å². The number of hydrogen-bond donors (Lipinski definition) is 5. The molecule has 1 aliphatic rings. The van der Waals surface area contributed by atoms with Crippen LogP contribution in [0.1, 0.15) is 38.8 Å². The van der Waals surface area contributed by atoms with Crippen molar-refractivity contribution in [2.75, 3.05) is 25.5 Å². The molecule has 0 aliphatic carbocycles. The molecule has 3 atom stereocenters. The van der Waals surface area contributed by atoms with Gasteiger partial charge in [-0.15, -0.1) is 0 Å². The van der Waals surface area contributed by atoms with Crippen molar-refractivity contribution in [2.24, 2.45) is 0 Å². The number of carbonyl (C=O) groups is 2. The van der Waals surface area contributed by atoms with Crippen LogP contribution in [-0.4, -0.2) is 59.3 Å². The molecular weight excluding hydrogens is 384 g/mol. The number of hydrogen-bond acceptors (Lipinski definition) is 6. The average Bonchev–Trinajstić information content (AvgIpc) is 2.76. The lowest BCUT2D eigenvalue weighted by Crippen LogP contribution is -2.52. The quantitative estimate of drug-likeness (QED) is 0.436. The molecule has 0 saturated carbocycles. The summed E-state index contributed by atoms with van der Waals surface area (Å²) in [5, 5.41) is 29.3. The summed E-state index contributed by atoms with van der Waals surface area (Å²) < 4.78 is 0. The van der Waals surface area contributed by atoms with Gasteiger partial charge in [0.2, 0.25) is 0 Å². The number of amides is 2. The van der Waals surface area contributed by atoms with Crippen LogP contribution >= 0.6 is 0 Å². The van der Waals surface area contributed by atoms with Crippen molar-refractivity contribution in [3.05, 3.63) is 53.4 Å². The van der Waals surface area contributed by atoms with Crippen molar-refractivity contribution < 1.29 is 19.8 Å². The van der Waals surface area contributed by atoms with Crippen molar-refractivity contribution >= 4 is 17.5 Å². The van der Waals surface area contributed by atoms with Gasteiger partial charge in [0.15, 0.2) is 12.2 Å². The van der Waals surface area contributed by atoms with Crippen LogP contribution in [-0.2, 0) is 9.59 Å². The molecule has 0 radical (unpaired) electrons. The van der Waals surface area contributed by atoms with Gasteiger partial charge in [0.05, 0.1) is 6.04 Å². The lowest BCUT2D eigenvalue weighted by Gasteiger charge is -2.32. The number of benzene rings is 1. The van der Waals surface area contributed by atoms with Gasteiger partial charge in [-0.2, -0.15) is 0 Å². The minimum Gasteiger partial charge on any atom is -0.391 e. The summed E-state index contributed by atoms with van der Waals surface area (Å²) in [4.78, 5) is 26.4. The zero-order chi connectivity index (χ0) is 22.3. The SMILES string of the molecule is C/C=C\Nc1ccc(C(C)NC(=O)C(O)C(O)C(=O)N2CCC(NC)=C(C)C2)cc1. The minimum atomic E-state index is -1.84. The molecule has 5 N–H and O–H groups in total. The number of anilines is 1. The predicted octanol–water partition coefficient (Wildman–Crippen LogP) is 1.26. The van der Waals surface area contributed by atoms with Gasteiger partial charge in [0.1, 0.15) is 0 Å². The van der Waals surface area contributed by atoms with Crippen LogP contribution < -0.4 is 16.0 Å². The summed E-state index contributed by atoms with van der Waals surface area (Å²) in [5.74, 6) is -1.45. The second-order valence-corrected chi connectivity index (χ2v) is 7.40. The predicted molar refractivity (Wildman–Crippen MR) is 116 cm³/mol. The third-order valence-corrected chi connectivity index (χ3v) is 5.20. The highest BCUT2D eigenvalue weighted by Gasteiger charge is 2.35. The normalized spacial score (nSPS) is 17.5. The number of aliphatic hydroxyl groups excluding tert-OH is 2. The number of aliphatic hydroxyl groups is 2. The van der Waals surface area contributed by atoms with Gasteiger partial charge in [-0.05, 0) is 50.2 Å². The molecule has 0 saturated heterocycles. The molecule has 30 heavy (non-hydrogen) atoms. The average molecular weight is 417 g/mol. The van der Waals surface area contributed by atoms with Crippen LogP contribution in [0, 0.1) is 0 Å². The maximum atomic E-state index is 12.5. The van der Waals surface area contributed by atoms with E-state index in [2.05, 4.69) is 16.0 Å². The van der Waals surface area contributed by atoms with E-state index in [-0.39, 0.29) is 0 Å². The maximum absolute atomic E-state index is 12.5. The van der Waals surface area contributed by atoms with Gasteiger partial charge in [-0.1, -0.05) is 18.2 Å². The van der Waals surface area contributed by atoms with E-state index < -0.39 is 30.1 Å².